The summed E-state index contributed by atoms with van der Waals surface area (Å²) < 4.78 is 11.4. The summed E-state index contributed by atoms with van der Waals surface area (Å²) in [7, 11) is 3.40. The van der Waals surface area contributed by atoms with Crippen LogP contribution >= 0.6 is 0 Å². The molecule has 26 heavy (non-hydrogen) atoms. The molecular formula is C20H29N3O3. The summed E-state index contributed by atoms with van der Waals surface area (Å²) >= 11 is 0. The summed E-state index contributed by atoms with van der Waals surface area (Å²) in [4.78, 5) is 17.0. The third-order valence-corrected chi connectivity index (χ3v) is 5.81. The van der Waals surface area contributed by atoms with E-state index < -0.39 is 0 Å². The number of methoxy groups -OCH3 is 1. The van der Waals surface area contributed by atoms with Crippen molar-refractivity contribution in [2.24, 2.45) is 5.92 Å². The molecule has 6 nitrogen and oxygen atoms in total. The van der Waals surface area contributed by atoms with Crippen LogP contribution in [-0.2, 0) is 16.1 Å². The molecule has 1 atom stereocenters. The van der Waals surface area contributed by atoms with Crippen molar-refractivity contribution in [2.75, 3.05) is 46.9 Å². The second-order valence-corrected chi connectivity index (χ2v) is 7.99. The fourth-order valence-corrected chi connectivity index (χ4v) is 4.18. The van der Waals surface area contributed by atoms with Gasteiger partial charge >= 0.3 is 0 Å². The third-order valence-electron chi connectivity index (χ3n) is 5.81. The summed E-state index contributed by atoms with van der Waals surface area (Å²) in [5.41, 5.74) is 1.18. The maximum atomic E-state index is 12.2. The third kappa shape index (κ3) is 3.72. The highest BCUT2D eigenvalue weighted by Crippen LogP contribution is 2.36. The standard InChI is InChI=1S/C20H29N3O3/c1-21-19(24)18-11-26-20(14-23(18)10-16-3-4-16)12-22(13-20)9-15-5-7-17(25-2)8-6-15/h5-8,16,18H,3-4,9-14H2,1-2H3,(H,21,24). The van der Waals surface area contributed by atoms with Gasteiger partial charge in [-0.1, -0.05) is 12.1 Å². The lowest BCUT2D eigenvalue weighted by Crippen LogP contribution is -2.72. The van der Waals surface area contributed by atoms with Gasteiger partial charge in [0.15, 0.2) is 0 Å². The van der Waals surface area contributed by atoms with E-state index in [0.29, 0.717) is 6.61 Å². The van der Waals surface area contributed by atoms with E-state index in [9.17, 15) is 4.79 Å². The van der Waals surface area contributed by atoms with Crippen molar-refractivity contribution in [3.63, 3.8) is 0 Å². The van der Waals surface area contributed by atoms with Crippen molar-refractivity contribution < 1.29 is 14.3 Å². The van der Waals surface area contributed by atoms with Crippen LogP contribution in [0.15, 0.2) is 24.3 Å². The van der Waals surface area contributed by atoms with E-state index in [2.05, 4.69) is 27.2 Å². The van der Waals surface area contributed by atoms with Gasteiger partial charge in [-0.3, -0.25) is 14.6 Å². The number of morpholine rings is 1. The molecule has 1 saturated carbocycles. The van der Waals surface area contributed by atoms with Gasteiger partial charge in [0, 0.05) is 39.8 Å². The fraction of sp³-hybridized carbons (Fsp3) is 0.650. The Balaban J connectivity index is 1.34. The van der Waals surface area contributed by atoms with Crippen molar-refractivity contribution in [1.82, 2.24) is 15.1 Å². The number of nitrogens with zero attached hydrogens (tertiary/aromatic N) is 2. The number of benzene rings is 1. The highest BCUT2D eigenvalue weighted by Gasteiger charge is 2.50. The van der Waals surface area contributed by atoms with Crippen molar-refractivity contribution in [3.05, 3.63) is 29.8 Å². The van der Waals surface area contributed by atoms with Gasteiger partial charge in [0.2, 0.25) is 5.91 Å². The van der Waals surface area contributed by atoms with E-state index in [1.807, 2.05) is 12.1 Å². The second kappa shape index (κ2) is 7.18. The van der Waals surface area contributed by atoms with Crippen LogP contribution in [0.1, 0.15) is 18.4 Å². The molecule has 1 aromatic carbocycles. The van der Waals surface area contributed by atoms with Crippen molar-refractivity contribution in [3.8, 4) is 5.75 Å². The Morgan fingerprint density at radius 1 is 1.27 bits per heavy atom. The van der Waals surface area contributed by atoms with Gasteiger partial charge < -0.3 is 14.8 Å². The van der Waals surface area contributed by atoms with Crippen LogP contribution in [0.2, 0.25) is 0 Å². The smallest absolute Gasteiger partial charge is 0.239 e. The number of carbonyl (C=O) groups excluding carboxylic acids is 1. The summed E-state index contributed by atoms with van der Waals surface area (Å²) in [6.45, 7) is 5.18. The Kier molecular flexibility index (Phi) is 4.90. The molecule has 1 N–H and O–H groups in total. The molecule has 1 unspecified atom stereocenters. The highest BCUT2D eigenvalue weighted by atomic mass is 16.5. The molecule has 0 radical (unpaired) electrons. The first-order valence-electron chi connectivity index (χ1n) is 9.56. The molecule has 4 rings (SSSR count). The number of carbonyl (C=O) groups is 1. The first-order chi connectivity index (χ1) is 12.6. The first kappa shape index (κ1) is 17.8. The van der Waals surface area contributed by atoms with Gasteiger partial charge in [0.05, 0.1) is 13.7 Å². The Bertz CT molecular complexity index is 638. The number of amides is 1. The van der Waals surface area contributed by atoms with Gasteiger partial charge in [-0.05, 0) is 36.5 Å². The normalized spacial score (nSPS) is 25.7. The quantitative estimate of drug-likeness (QED) is 0.825. The second-order valence-electron chi connectivity index (χ2n) is 7.99. The number of hydrogen-bond donors (Lipinski definition) is 1. The Labute approximate surface area is 155 Å². The topological polar surface area (TPSA) is 54.0 Å². The molecule has 2 aliphatic heterocycles. The average Bonchev–Trinajstić information content (AvgIpc) is 3.45. The Morgan fingerprint density at radius 2 is 2.00 bits per heavy atom. The zero-order chi connectivity index (χ0) is 18.1. The molecule has 142 valence electrons. The molecular weight excluding hydrogens is 330 g/mol. The maximum Gasteiger partial charge on any atom is 0.239 e. The SMILES string of the molecule is CNC(=O)C1COC2(CN(Cc3ccc(OC)cc3)C2)CN1CC1CC1. The van der Waals surface area contributed by atoms with E-state index in [4.69, 9.17) is 9.47 Å². The van der Waals surface area contributed by atoms with E-state index in [1.54, 1.807) is 14.2 Å². The van der Waals surface area contributed by atoms with Crippen molar-refractivity contribution in [1.29, 1.82) is 0 Å². The lowest BCUT2D eigenvalue weighted by molar-refractivity contribution is -0.203. The van der Waals surface area contributed by atoms with Gasteiger partial charge in [-0.15, -0.1) is 0 Å². The average molecular weight is 359 g/mol. The zero-order valence-electron chi connectivity index (χ0n) is 15.7. The van der Waals surface area contributed by atoms with Crippen LogP contribution in [0.4, 0.5) is 0 Å². The molecule has 0 bridgehead atoms. The molecule has 1 amide bonds. The minimum atomic E-state index is -0.137. The van der Waals surface area contributed by atoms with Gasteiger partial charge in [0.1, 0.15) is 17.4 Å². The van der Waals surface area contributed by atoms with E-state index >= 15 is 0 Å². The molecule has 6 heteroatoms. The highest BCUT2D eigenvalue weighted by molar-refractivity contribution is 5.81. The molecule has 1 aromatic rings. The monoisotopic (exact) mass is 359 g/mol. The van der Waals surface area contributed by atoms with Gasteiger partial charge in [-0.25, -0.2) is 0 Å². The zero-order valence-corrected chi connectivity index (χ0v) is 15.7. The van der Waals surface area contributed by atoms with E-state index in [-0.39, 0.29) is 17.6 Å². The van der Waals surface area contributed by atoms with Crippen LogP contribution < -0.4 is 10.1 Å². The predicted octanol–water partition coefficient (Wildman–Crippen LogP) is 1.11. The van der Waals surface area contributed by atoms with Gasteiger partial charge in [-0.2, -0.15) is 0 Å². The van der Waals surface area contributed by atoms with Crippen molar-refractivity contribution in [2.45, 2.75) is 31.0 Å². The van der Waals surface area contributed by atoms with E-state index in [0.717, 1.165) is 44.4 Å². The summed E-state index contributed by atoms with van der Waals surface area (Å²) in [6.07, 6.45) is 2.60. The maximum absolute atomic E-state index is 12.2. The summed E-state index contributed by atoms with van der Waals surface area (Å²) in [5, 5.41) is 2.79. The van der Waals surface area contributed by atoms with Crippen molar-refractivity contribution >= 4 is 5.91 Å². The molecule has 3 fully saturated rings. The largest absolute Gasteiger partial charge is 0.497 e. The molecule has 3 aliphatic rings. The number of likely N-dealkylation sites (N-methyl/N-ethyl adjacent to an activating group) is 1. The molecule has 2 saturated heterocycles. The first-order valence-corrected chi connectivity index (χ1v) is 9.56. The van der Waals surface area contributed by atoms with Crippen LogP contribution in [0, 0.1) is 5.92 Å². The van der Waals surface area contributed by atoms with Crippen LogP contribution in [0.5, 0.6) is 5.75 Å². The number of hydrogen-bond acceptors (Lipinski definition) is 5. The van der Waals surface area contributed by atoms with Crippen LogP contribution in [0.25, 0.3) is 0 Å². The number of likely N-dealkylation sites (tertiary alicyclic amines) is 1. The molecule has 1 aliphatic carbocycles. The van der Waals surface area contributed by atoms with E-state index in [1.165, 1.54) is 18.4 Å². The summed E-state index contributed by atoms with van der Waals surface area (Å²) in [6, 6.07) is 8.11. The minimum Gasteiger partial charge on any atom is -0.497 e. The number of ether oxygens (including phenoxy) is 2. The summed E-state index contributed by atoms with van der Waals surface area (Å²) in [5.74, 6) is 1.74. The van der Waals surface area contributed by atoms with Gasteiger partial charge in [0.25, 0.3) is 0 Å². The molecule has 0 aromatic heterocycles. The molecule has 1 spiro atoms. The Morgan fingerprint density at radius 3 is 2.62 bits per heavy atom. The number of rotatable bonds is 6. The predicted molar refractivity (Wildman–Crippen MR) is 99.1 cm³/mol. The number of nitrogens with one attached hydrogen (secondary N) is 1. The lowest BCUT2D eigenvalue weighted by atomic mass is 9.89. The minimum absolute atomic E-state index is 0.0786. The van der Waals surface area contributed by atoms with Crippen LogP contribution in [-0.4, -0.2) is 74.3 Å². The van der Waals surface area contributed by atoms with Crippen LogP contribution in [0.3, 0.4) is 0 Å². The lowest BCUT2D eigenvalue weighted by Gasteiger charge is -2.55. The Hall–Kier alpha value is -1.63. The fourth-order valence-electron chi connectivity index (χ4n) is 4.18. The molecule has 2 heterocycles.